The molecule has 2 rings (SSSR count). The van der Waals surface area contributed by atoms with E-state index in [1.807, 2.05) is 18.2 Å². The van der Waals surface area contributed by atoms with Crippen LogP contribution in [0, 0.1) is 0 Å². The van der Waals surface area contributed by atoms with Crippen LogP contribution < -0.4 is 15.4 Å². The molecule has 0 unspecified atom stereocenters. The number of rotatable bonds is 4. The van der Waals surface area contributed by atoms with E-state index < -0.39 is 0 Å². The number of carbonyl (C=O) groups excluding carboxylic acids is 1. The first-order chi connectivity index (χ1) is 9.69. The van der Waals surface area contributed by atoms with Crippen molar-refractivity contribution >= 4 is 22.0 Å². The van der Waals surface area contributed by atoms with E-state index in [9.17, 15) is 4.79 Å². The Morgan fingerprint density at radius 3 is 2.75 bits per heavy atom. The van der Waals surface area contributed by atoms with Crippen molar-refractivity contribution in [3.05, 3.63) is 28.2 Å². The van der Waals surface area contributed by atoms with Gasteiger partial charge in [-0.1, -0.05) is 25.3 Å². The number of methoxy groups -OCH3 is 1. The van der Waals surface area contributed by atoms with Crippen molar-refractivity contribution in [3.63, 3.8) is 0 Å². The van der Waals surface area contributed by atoms with Crippen LogP contribution in [0.1, 0.15) is 37.7 Å². The van der Waals surface area contributed by atoms with Crippen molar-refractivity contribution in [1.82, 2.24) is 10.6 Å². The van der Waals surface area contributed by atoms with E-state index >= 15 is 0 Å². The van der Waals surface area contributed by atoms with Gasteiger partial charge in [0.05, 0.1) is 11.6 Å². The van der Waals surface area contributed by atoms with E-state index in [4.69, 9.17) is 4.74 Å². The minimum atomic E-state index is -0.0798. The minimum Gasteiger partial charge on any atom is -0.496 e. The standard InChI is InChI=1S/C15H21BrN2O2/c1-20-14-8-7-11(9-13(14)16)10-17-15(19)18-12-5-3-2-4-6-12/h7-9,12H,2-6,10H2,1H3,(H2,17,18,19). The van der Waals surface area contributed by atoms with Crippen LogP contribution in [0.4, 0.5) is 4.79 Å². The lowest BCUT2D eigenvalue weighted by molar-refractivity contribution is 0.232. The molecule has 5 heteroatoms. The summed E-state index contributed by atoms with van der Waals surface area (Å²) < 4.78 is 6.07. The number of ether oxygens (including phenoxy) is 1. The molecule has 0 radical (unpaired) electrons. The summed E-state index contributed by atoms with van der Waals surface area (Å²) in [7, 11) is 1.63. The Morgan fingerprint density at radius 2 is 2.10 bits per heavy atom. The van der Waals surface area contributed by atoms with Gasteiger partial charge in [0.2, 0.25) is 0 Å². The molecular weight excluding hydrogens is 320 g/mol. The molecule has 1 fully saturated rings. The molecule has 2 N–H and O–H groups in total. The van der Waals surface area contributed by atoms with Crippen molar-refractivity contribution in [2.24, 2.45) is 0 Å². The maximum atomic E-state index is 11.8. The second-order valence-electron chi connectivity index (χ2n) is 5.13. The van der Waals surface area contributed by atoms with Gasteiger partial charge in [-0.25, -0.2) is 4.79 Å². The average Bonchev–Trinajstić information content (AvgIpc) is 2.46. The summed E-state index contributed by atoms with van der Waals surface area (Å²) in [5.74, 6) is 0.792. The summed E-state index contributed by atoms with van der Waals surface area (Å²) in [6.45, 7) is 0.515. The molecule has 0 bridgehead atoms. The Bertz CT molecular complexity index is 459. The van der Waals surface area contributed by atoms with Crippen LogP contribution >= 0.6 is 15.9 Å². The van der Waals surface area contributed by atoms with Crippen molar-refractivity contribution in [2.75, 3.05) is 7.11 Å². The second-order valence-corrected chi connectivity index (χ2v) is 5.99. The highest BCUT2D eigenvalue weighted by Crippen LogP contribution is 2.25. The lowest BCUT2D eigenvalue weighted by Crippen LogP contribution is -2.42. The Kier molecular flexibility index (Phi) is 5.71. The van der Waals surface area contributed by atoms with E-state index in [1.165, 1.54) is 19.3 Å². The summed E-state index contributed by atoms with van der Waals surface area (Å²) >= 11 is 3.44. The van der Waals surface area contributed by atoms with Gasteiger partial charge in [-0.2, -0.15) is 0 Å². The maximum Gasteiger partial charge on any atom is 0.315 e. The zero-order chi connectivity index (χ0) is 14.4. The number of hydrogen-bond donors (Lipinski definition) is 2. The summed E-state index contributed by atoms with van der Waals surface area (Å²) in [5.41, 5.74) is 1.04. The third kappa shape index (κ3) is 4.40. The largest absolute Gasteiger partial charge is 0.496 e. The number of carbonyl (C=O) groups is 1. The Hall–Kier alpha value is -1.23. The van der Waals surface area contributed by atoms with E-state index in [-0.39, 0.29) is 6.03 Å². The minimum absolute atomic E-state index is 0.0798. The number of amides is 2. The van der Waals surface area contributed by atoms with Gasteiger partial charge in [0.1, 0.15) is 5.75 Å². The average molecular weight is 341 g/mol. The smallest absolute Gasteiger partial charge is 0.315 e. The van der Waals surface area contributed by atoms with Gasteiger partial charge in [0.25, 0.3) is 0 Å². The van der Waals surface area contributed by atoms with Gasteiger partial charge < -0.3 is 15.4 Å². The summed E-state index contributed by atoms with van der Waals surface area (Å²) in [6.07, 6.45) is 5.93. The maximum absolute atomic E-state index is 11.8. The van der Waals surface area contributed by atoms with Gasteiger partial charge in [-0.3, -0.25) is 0 Å². The molecule has 0 aliphatic heterocycles. The fourth-order valence-electron chi connectivity index (χ4n) is 2.49. The van der Waals surface area contributed by atoms with Crippen molar-refractivity contribution in [2.45, 2.75) is 44.7 Å². The SMILES string of the molecule is COc1ccc(CNC(=O)NC2CCCCC2)cc1Br. The fourth-order valence-corrected chi connectivity index (χ4v) is 3.07. The molecule has 20 heavy (non-hydrogen) atoms. The number of hydrogen-bond acceptors (Lipinski definition) is 2. The molecule has 1 aromatic rings. The van der Waals surface area contributed by atoms with Gasteiger partial charge >= 0.3 is 6.03 Å². The second kappa shape index (κ2) is 7.53. The van der Waals surface area contributed by atoms with Gasteiger partial charge in [0, 0.05) is 12.6 Å². The predicted molar refractivity (Wildman–Crippen MR) is 82.9 cm³/mol. The van der Waals surface area contributed by atoms with E-state index in [1.54, 1.807) is 7.11 Å². The lowest BCUT2D eigenvalue weighted by atomic mass is 9.96. The number of urea groups is 1. The molecule has 1 saturated carbocycles. The van der Waals surface area contributed by atoms with Gasteiger partial charge in [0.15, 0.2) is 0 Å². The number of benzene rings is 1. The van der Waals surface area contributed by atoms with Crippen LogP contribution in [0.25, 0.3) is 0 Å². The zero-order valence-corrected chi connectivity index (χ0v) is 13.3. The van der Waals surface area contributed by atoms with Crippen molar-refractivity contribution < 1.29 is 9.53 Å². The molecule has 1 aromatic carbocycles. The van der Waals surface area contributed by atoms with E-state index in [0.29, 0.717) is 12.6 Å². The highest BCUT2D eigenvalue weighted by Gasteiger charge is 2.15. The molecule has 110 valence electrons. The molecule has 4 nitrogen and oxygen atoms in total. The molecule has 1 aliphatic carbocycles. The monoisotopic (exact) mass is 340 g/mol. The molecule has 0 spiro atoms. The molecule has 2 amide bonds. The predicted octanol–water partition coefficient (Wildman–Crippen LogP) is 3.59. The Labute approximate surface area is 128 Å². The first kappa shape index (κ1) is 15.2. The van der Waals surface area contributed by atoms with E-state index in [0.717, 1.165) is 28.6 Å². The van der Waals surface area contributed by atoms with Crippen LogP contribution in [0.5, 0.6) is 5.75 Å². The molecule has 0 atom stereocenters. The van der Waals surface area contributed by atoms with Crippen molar-refractivity contribution in [1.29, 1.82) is 0 Å². The number of halogens is 1. The first-order valence-electron chi connectivity index (χ1n) is 7.06. The fraction of sp³-hybridized carbons (Fsp3) is 0.533. The van der Waals surface area contributed by atoms with Crippen LogP contribution in [0.3, 0.4) is 0 Å². The zero-order valence-electron chi connectivity index (χ0n) is 11.7. The molecular formula is C15H21BrN2O2. The third-order valence-corrected chi connectivity index (χ3v) is 4.23. The quantitative estimate of drug-likeness (QED) is 0.879. The van der Waals surface area contributed by atoms with Crippen LogP contribution in [0.2, 0.25) is 0 Å². The molecule has 1 aliphatic rings. The molecule has 0 heterocycles. The topological polar surface area (TPSA) is 50.4 Å². The Balaban J connectivity index is 1.79. The van der Waals surface area contributed by atoms with Crippen LogP contribution in [0.15, 0.2) is 22.7 Å². The highest BCUT2D eigenvalue weighted by molar-refractivity contribution is 9.10. The Morgan fingerprint density at radius 1 is 1.35 bits per heavy atom. The molecule has 0 saturated heterocycles. The van der Waals surface area contributed by atoms with Crippen LogP contribution in [-0.2, 0) is 6.54 Å². The lowest BCUT2D eigenvalue weighted by Gasteiger charge is -2.22. The van der Waals surface area contributed by atoms with Crippen LogP contribution in [-0.4, -0.2) is 19.2 Å². The van der Waals surface area contributed by atoms with Gasteiger partial charge in [-0.05, 0) is 46.5 Å². The van der Waals surface area contributed by atoms with Crippen molar-refractivity contribution in [3.8, 4) is 5.75 Å². The van der Waals surface area contributed by atoms with Gasteiger partial charge in [-0.15, -0.1) is 0 Å². The summed E-state index contributed by atoms with van der Waals surface area (Å²) in [5, 5.41) is 5.94. The number of nitrogens with one attached hydrogen (secondary N) is 2. The first-order valence-corrected chi connectivity index (χ1v) is 7.85. The normalized spacial score (nSPS) is 15.7. The molecule has 0 aromatic heterocycles. The summed E-state index contributed by atoms with van der Waals surface area (Å²) in [6, 6.07) is 6.06. The van der Waals surface area contributed by atoms with E-state index in [2.05, 4.69) is 26.6 Å². The highest BCUT2D eigenvalue weighted by atomic mass is 79.9. The third-order valence-electron chi connectivity index (χ3n) is 3.61. The summed E-state index contributed by atoms with van der Waals surface area (Å²) in [4.78, 5) is 11.8.